The van der Waals surface area contributed by atoms with Crippen molar-refractivity contribution in [3.63, 3.8) is 0 Å². The van der Waals surface area contributed by atoms with Crippen LogP contribution in [-0.4, -0.2) is 9.55 Å². The van der Waals surface area contributed by atoms with E-state index in [1.807, 2.05) is 7.05 Å². The monoisotopic (exact) mass is 646 g/mol. The highest BCUT2D eigenvalue weighted by Gasteiger charge is 2.20. The highest BCUT2D eigenvalue weighted by Crippen LogP contribution is 2.45. The van der Waals surface area contributed by atoms with Crippen molar-refractivity contribution in [3.8, 4) is 50.5 Å². The summed E-state index contributed by atoms with van der Waals surface area (Å²) in [6.07, 6.45) is 12.6. The summed E-state index contributed by atoms with van der Waals surface area (Å²) >= 11 is 0. The minimum atomic E-state index is 0.924. The van der Waals surface area contributed by atoms with Gasteiger partial charge in [-0.2, -0.15) is 0 Å². The summed E-state index contributed by atoms with van der Waals surface area (Å²) in [7, 11) is 6.16. The first kappa shape index (κ1) is 29.7. The number of benzene rings is 5. The molecule has 5 heteroatoms. The molecule has 0 spiro atoms. The molecule has 0 radical (unpaired) electrons. The molecule has 0 fully saturated rings. The standard InChI is InChI=1S/C45H36N5/c1-47-24-18-31(19-25-47)35-16-17-39-40(30-35)44(38-9-5-4-8-37(38)43(39)33-20-26-48(2)27-21-33)32-12-14-34(15-13-32)45-46-41-10-6-7-11-42(41)50(45)36-22-28-49(3)29-23-36/h4-30H,1-3H3/q+3. The van der Waals surface area contributed by atoms with E-state index in [9.17, 15) is 0 Å². The zero-order valence-corrected chi connectivity index (χ0v) is 28.3. The number of hydrogen-bond donors (Lipinski definition) is 0. The van der Waals surface area contributed by atoms with Crippen LogP contribution < -0.4 is 13.7 Å². The largest absolute Gasteiger partial charge is 0.292 e. The van der Waals surface area contributed by atoms with Crippen molar-refractivity contribution in [3.05, 3.63) is 165 Å². The average molecular weight is 647 g/mol. The second-order valence-corrected chi connectivity index (χ2v) is 13.1. The van der Waals surface area contributed by atoms with Gasteiger partial charge in [0.1, 0.15) is 27.0 Å². The molecule has 0 atom stereocenters. The molecular formula is C45H36N5+3. The van der Waals surface area contributed by atoms with Gasteiger partial charge in [-0.1, -0.05) is 72.8 Å². The maximum absolute atomic E-state index is 5.14. The van der Waals surface area contributed by atoms with E-state index in [2.05, 4.69) is 197 Å². The van der Waals surface area contributed by atoms with E-state index in [-0.39, 0.29) is 0 Å². The van der Waals surface area contributed by atoms with Crippen LogP contribution in [0.25, 0.3) is 83.0 Å². The molecule has 50 heavy (non-hydrogen) atoms. The predicted molar refractivity (Wildman–Crippen MR) is 201 cm³/mol. The number of hydrogen-bond acceptors (Lipinski definition) is 1. The molecule has 4 heterocycles. The van der Waals surface area contributed by atoms with Crippen LogP contribution in [0.2, 0.25) is 0 Å². The van der Waals surface area contributed by atoms with Gasteiger partial charge in [-0.05, 0) is 73.1 Å². The van der Waals surface area contributed by atoms with E-state index in [4.69, 9.17) is 4.98 Å². The first-order valence-electron chi connectivity index (χ1n) is 17.0. The quantitative estimate of drug-likeness (QED) is 0.136. The summed E-state index contributed by atoms with van der Waals surface area (Å²) in [6.45, 7) is 0. The summed E-state index contributed by atoms with van der Waals surface area (Å²) in [6, 6.07) is 46.2. The molecular weight excluding hydrogens is 611 g/mol. The van der Waals surface area contributed by atoms with Gasteiger partial charge in [0.05, 0.1) is 16.7 Å². The number of imidazole rings is 1. The van der Waals surface area contributed by atoms with Crippen molar-refractivity contribution >= 4 is 32.6 Å². The molecule has 5 nitrogen and oxygen atoms in total. The van der Waals surface area contributed by atoms with E-state index in [1.54, 1.807) is 0 Å². The first-order chi connectivity index (χ1) is 24.5. The Balaban J connectivity index is 1.28. The van der Waals surface area contributed by atoms with E-state index in [0.29, 0.717) is 0 Å². The molecule has 0 saturated heterocycles. The number of aryl methyl sites for hydroxylation is 3. The summed E-state index contributed by atoms with van der Waals surface area (Å²) in [5.74, 6) is 0.924. The fourth-order valence-corrected chi connectivity index (χ4v) is 7.25. The van der Waals surface area contributed by atoms with Gasteiger partial charge in [-0.15, -0.1) is 0 Å². The second kappa shape index (κ2) is 11.9. The number of para-hydroxylation sites is 2. The molecule has 5 aromatic carbocycles. The molecule has 238 valence electrons. The maximum Gasteiger partial charge on any atom is 0.170 e. The van der Waals surface area contributed by atoms with Crippen LogP contribution in [0.15, 0.2) is 165 Å². The molecule has 0 unspecified atom stereocenters. The van der Waals surface area contributed by atoms with Crippen LogP contribution in [0.4, 0.5) is 0 Å². The fourth-order valence-electron chi connectivity index (χ4n) is 7.25. The lowest BCUT2D eigenvalue weighted by molar-refractivity contribution is -0.671. The molecule has 0 bridgehead atoms. The summed E-state index contributed by atoms with van der Waals surface area (Å²) in [4.78, 5) is 5.14. The Morgan fingerprint density at radius 2 is 0.900 bits per heavy atom. The third-order valence-electron chi connectivity index (χ3n) is 9.81. The van der Waals surface area contributed by atoms with Crippen molar-refractivity contribution in [2.24, 2.45) is 21.1 Å². The molecule has 0 aliphatic heterocycles. The molecule has 4 aromatic heterocycles. The van der Waals surface area contributed by atoms with Gasteiger partial charge in [-0.3, -0.25) is 4.57 Å². The molecule has 0 amide bonds. The minimum Gasteiger partial charge on any atom is -0.292 e. The normalized spacial score (nSPS) is 11.5. The third-order valence-corrected chi connectivity index (χ3v) is 9.81. The van der Waals surface area contributed by atoms with Crippen LogP contribution in [0.3, 0.4) is 0 Å². The van der Waals surface area contributed by atoms with Crippen LogP contribution in [0, 0.1) is 0 Å². The van der Waals surface area contributed by atoms with Gasteiger partial charge in [0.25, 0.3) is 0 Å². The van der Waals surface area contributed by atoms with Crippen molar-refractivity contribution in [2.75, 3.05) is 0 Å². The lowest BCUT2D eigenvalue weighted by atomic mass is 9.85. The van der Waals surface area contributed by atoms with Crippen molar-refractivity contribution in [2.45, 2.75) is 0 Å². The topological polar surface area (TPSA) is 29.5 Å². The molecule has 0 aliphatic rings. The first-order valence-corrected chi connectivity index (χ1v) is 17.0. The van der Waals surface area contributed by atoms with Gasteiger partial charge >= 0.3 is 0 Å². The Hall–Kier alpha value is -6.46. The van der Waals surface area contributed by atoms with Gasteiger partial charge in [0.15, 0.2) is 37.2 Å². The Bertz CT molecular complexity index is 2690. The maximum atomic E-state index is 5.14. The number of pyridine rings is 3. The highest BCUT2D eigenvalue weighted by molar-refractivity contribution is 6.22. The van der Waals surface area contributed by atoms with Crippen LogP contribution >= 0.6 is 0 Å². The Morgan fingerprint density at radius 3 is 1.56 bits per heavy atom. The smallest absolute Gasteiger partial charge is 0.170 e. The molecule has 0 saturated carbocycles. The van der Waals surface area contributed by atoms with E-state index in [1.165, 1.54) is 54.9 Å². The molecule has 9 rings (SSSR count). The summed E-state index contributed by atoms with van der Waals surface area (Å²) in [5.41, 5.74) is 11.5. The lowest BCUT2D eigenvalue weighted by Gasteiger charge is -2.18. The van der Waals surface area contributed by atoms with E-state index >= 15 is 0 Å². The highest BCUT2D eigenvalue weighted by atomic mass is 15.1. The van der Waals surface area contributed by atoms with Crippen molar-refractivity contribution < 1.29 is 13.7 Å². The van der Waals surface area contributed by atoms with E-state index in [0.717, 1.165) is 28.1 Å². The molecule has 0 aliphatic carbocycles. The van der Waals surface area contributed by atoms with Crippen molar-refractivity contribution in [1.82, 2.24) is 9.55 Å². The van der Waals surface area contributed by atoms with Crippen LogP contribution in [0.1, 0.15) is 0 Å². The van der Waals surface area contributed by atoms with Crippen molar-refractivity contribution in [1.29, 1.82) is 0 Å². The third kappa shape index (κ3) is 5.03. The zero-order chi connectivity index (χ0) is 33.8. The number of nitrogens with zero attached hydrogens (tertiary/aromatic N) is 5. The number of fused-ring (bicyclic) bond motifs is 3. The lowest BCUT2D eigenvalue weighted by Crippen LogP contribution is -2.26. The van der Waals surface area contributed by atoms with E-state index < -0.39 is 0 Å². The zero-order valence-electron chi connectivity index (χ0n) is 28.3. The van der Waals surface area contributed by atoms with Crippen LogP contribution in [0.5, 0.6) is 0 Å². The Morgan fingerprint density at radius 1 is 0.420 bits per heavy atom. The number of rotatable bonds is 5. The Labute approximate surface area is 291 Å². The predicted octanol–water partition coefficient (Wildman–Crippen LogP) is 8.47. The molecule has 9 aromatic rings. The van der Waals surface area contributed by atoms with Crippen LogP contribution in [-0.2, 0) is 21.1 Å². The summed E-state index contributed by atoms with van der Waals surface area (Å²) < 4.78 is 8.47. The van der Waals surface area contributed by atoms with Gasteiger partial charge in [0.2, 0.25) is 0 Å². The Kier molecular flexibility index (Phi) is 7.06. The molecule has 0 N–H and O–H groups in total. The number of aromatic nitrogens is 5. The minimum absolute atomic E-state index is 0.924. The van der Waals surface area contributed by atoms with Gasteiger partial charge in [-0.25, -0.2) is 18.7 Å². The summed E-state index contributed by atoms with van der Waals surface area (Å²) in [5, 5.41) is 4.94. The van der Waals surface area contributed by atoms with Gasteiger partial charge in [0, 0.05) is 42.0 Å². The SMILES string of the molecule is C[n+]1ccc(-c2ccc3c(-c4cc[n+](C)cc4)c4ccccc4c(-c4ccc(-c5nc6ccccc6n5-c5cc[n+](C)cc5)cc4)c3c2)cc1. The fraction of sp³-hybridized carbons (Fsp3) is 0.0667. The van der Waals surface area contributed by atoms with Gasteiger partial charge < -0.3 is 0 Å². The average Bonchev–Trinajstić information content (AvgIpc) is 3.54. The second-order valence-electron chi connectivity index (χ2n) is 13.1.